The van der Waals surface area contributed by atoms with Crippen LogP contribution in [0.3, 0.4) is 0 Å². The van der Waals surface area contributed by atoms with Crippen LogP contribution in [0.1, 0.15) is 96.3 Å². The molecule has 0 saturated carbocycles. The SMILES string of the molecule is CCOC(=O)C[C@H](C)C/C=C/CCCCC[C@H](C)O[C@@H]1OC(C)[C@H](C)CC1OC(=O)c1ccccc1. The molecule has 6 atom stereocenters. The molecule has 0 aromatic heterocycles. The van der Waals surface area contributed by atoms with E-state index in [1.165, 1.54) is 0 Å². The summed E-state index contributed by atoms with van der Waals surface area (Å²) in [5, 5.41) is 0. The van der Waals surface area contributed by atoms with E-state index in [0.29, 0.717) is 24.5 Å². The van der Waals surface area contributed by atoms with Crippen LogP contribution in [0.15, 0.2) is 42.5 Å². The lowest BCUT2D eigenvalue weighted by atomic mass is 9.95. The van der Waals surface area contributed by atoms with E-state index in [4.69, 9.17) is 18.9 Å². The topological polar surface area (TPSA) is 71.1 Å². The number of benzene rings is 1. The number of rotatable bonds is 15. The number of unbranched alkanes of at least 4 members (excludes halogenated alkanes) is 3. The highest BCUT2D eigenvalue weighted by Gasteiger charge is 2.38. The predicted octanol–water partition coefficient (Wildman–Crippen LogP) is 6.87. The second-order valence-corrected chi connectivity index (χ2v) is 10.1. The monoisotopic (exact) mass is 502 g/mol. The van der Waals surface area contributed by atoms with Gasteiger partial charge in [-0.25, -0.2) is 4.79 Å². The molecular weight excluding hydrogens is 456 g/mol. The number of ether oxygens (including phenoxy) is 4. The van der Waals surface area contributed by atoms with Crippen molar-refractivity contribution in [2.24, 2.45) is 11.8 Å². The summed E-state index contributed by atoms with van der Waals surface area (Å²) in [7, 11) is 0. The van der Waals surface area contributed by atoms with E-state index in [1.54, 1.807) is 12.1 Å². The minimum atomic E-state index is -0.543. The van der Waals surface area contributed by atoms with Crippen molar-refractivity contribution in [2.75, 3.05) is 6.61 Å². The Morgan fingerprint density at radius 2 is 1.83 bits per heavy atom. The third kappa shape index (κ3) is 11.3. The Hall–Kier alpha value is -2.18. The summed E-state index contributed by atoms with van der Waals surface area (Å²) in [6.07, 6.45) is 10.9. The van der Waals surface area contributed by atoms with Crippen LogP contribution in [0, 0.1) is 11.8 Å². The third-order valence-electron chi connectivity index (χ3n) is 6.70. The molecule has 0 bridgehead atoms. The summed E-state index contributed by atoms with van der Waals surface area (Å²) in [4.78, 5) is 24.1. The Bertz CT molecular complexity index is 792. The van der Waals surface area contributed by atoms with E-state index < -0.39 is 12.4 Å². The molecule has 1 aliphatic rings. The standard InChI is InChI=1S/C30H46O6/c1-6-33-28(31)20-22(2)16-12-9-7-8-10-13-17-24(4)34-30-27(21-23(3)25(5)35-30)36-29(32)26-18-14-11-15-19-26/h9,11-12,14-15,18-19,22-25,27,30H,6-8,10,13,16-17,20-21H2,1-5H3/b12-9+/t22-,23-,24+,25?,27?,30-/m1/s1. The first kappa shape index (κ1) is 30.0. The van der Waals surface area contributed by atoms with Gasteiger partial charge in [0.15, 0.2) is 12.4 Å². The van der Waals surface area contributed by atoms with Crippen molar-refractivity contribution >= 4 is 11.9 Å². The number of esters is 2. The molecule has 0 aliphatic carbocycles. The summed E-state index contributed by atoms with van der Waals surface area (Å²) >= 11 is 0. The Morgan fingerprint density at radius 3 is 2.56 bits per heavy atom. The third-order valence-corrected chi connectivity index (χ3v) is 6.70. The highest BCUT2D eigenvalue weighted by atomic mass is 16.7. The quantitative estimate of drug-likeness (QED) is 0.148. The summed E-state index contributed by atoms with van der Waals surface area (Å²) in [5.74, 6) is 0.144. The number of carbonyl (C=O) groups is 2. The maximum atomic E-state index is 12.6. The Labute approximate surface area is 217 Å². The van der Waals surface area contributed by atoms with E-state index in [2.05, 4.69) is 32.9 Å². The van der Waals surface area contributed by atoms with Crippen LogP contribution in [0.25, 0.3) is 0 Å². The van der Waals surface area contributed by atoms with Crippen molar-refractivity contribution < 1.29 is 28.5 Å². The van der Waals surface area contributed by atoms with E-state index in [-0.39, 0.29) is 30.1 Å². The molecule has 1 heterocycles. The highest BCUT2D eigenvalue weighted by molar-refractivity contribution is 5.89. The van der Waals surface area contributed by atoms with E-state index in [9.17, 15) is 9.59 Å². The van der Waals surface area contributed by atoms with Crippen LogP contribution in [-0.2, 0) is 23.7 Å². The van der Waals surface area contributed by atoms with Gasteiger partial charge >= 0.3 is 11.9 Å². The molecule has 36 heavy (non-hydrogen) atoms. The molecule has 1 aromatic carbocycles. The zero-order valence-corrected chi connectivity index (χ0v) is 22.8. The number of carbonyl (C=O) groups excluding carboxylic acids is 2. The molecule has 202 valence electrons. The lowest BCUT2D eigenvalue weighted by molar-refractivity contribution is -0.263. The first-order valence-electron chi connectivity index (χ1n) is 13.7. The van der Waals surface area contributed by atoms with Crippen LogP contribution < -0.4 is 0 Å². The molecule has 6 heteroatoms. The molecule has 0 N–H and O–H groups in total. The van der Waals surface area contributed by atoms with Gasteiger partial charge in [0.1, 0.15) is 0 Å². The molecule has 0 radical (unpaired) electrons. The Balaban J connectivity index is 1.67. The molecule has 2 rings (SSSR count). The minimum absolute atomic E-state index is 0.0211. The van der Waals surface area contributed by atoms with Gasteiger partial charge in [-0.1, -0.05) is 57.0 Å². The van der Waals surface area contributed by atoms with Crippen LogP contribution in [0.2, 0.25) is 0 Å². The molecule has 1 aromatic rings. The van der Waals surface area contributed by atoms with Crippen molar-refractivity contribution in [3.05, 3.63) is 48.0 Å². The van der Waals surface area contributed by atoms with Gasteiger partial charge in [0.25, 0.3) is 0 Å². The molecule has 0 spiro atoms. The fraction of sp³-hybridized carbons (Fsp3) is 0.667. The lowest BCUT2D eigenvalue weighted by Gasteiger charge is -2.39. The van der Waals surface area contributed by atoms with Gasteiger partial charge in [-0.15, -0.1) is 0 Å². The average molecular weight is 503 g/mol. The number of hydrogen-bond acceptors (Lipinski definition) is 6. The first-order chi connectivity index (χ1) is 17.3. The van der Waals surface area contributed by atoms with Crippen LogP contribution in [-0.4, -0.2) is 43.1 Å². The van der Waals surface area contributed by atoms with Gasteiger partial charge in [-0.2, -0.15) is 0 Å². The first-order valence-corrected chi connectivity index (χ1v) is 13.7. The molecule has 2 unspecified atom stereocenters. The van der Waals surface area contributed by atoms with Crippen molar-refractivity contribution in [1.29, 1.82) is 0 Å². The number of allylic oxidation sites excluding steroid dienone is 2. The van der Waals surface area contributed by atoms with Gasteiger partial charge in [0.2, 0.25) is 0 Å². The highest BCUT2D eigenvalue weighted by Crippen LogP contribution is 2.29. The fourth-order valence-corrected chi connectivity index (χ4v) is 4.31. The lowest BCUT2D eigenvalue weighted by Crippen LogP contribution is -2.47. The van der Waals surface area contributed by atoms with Crippen molar-refractivity contribution in [2.45, 2.75) is 111 Å². The van der Waals surface area contributed by atoms with E-state index >= 15 is 0 Å². The van der Waals surface area contributed by atoms with Crippen LogP contribution in [0.4, 0.5) is 0 Å². The second-order valence-electron chi connectivity index (χ2n) is 10.1. The van der Waals surface area contributed by atoms with Gasteiger partial charge in [0.05, 0.1) is 24.4 Å². The molecule has 0 amide bonds. The number of hydrogen-bond donors (Lipinski definition) is 0. The van der Waals surface area contributed by atoms with Crippen molar-refractivity contribution in [3.8, 4) is 0 Å². The molecule has 1 aliphatic heterocycles. The maximum Gasteiger partial charge on any atom is 0.338 e. The fourth-order valence-electron chi connectivity index (χ4n) is 4.31. The van der Waals surface area contributed by atoms with Gasteiger partial charge in [0, 0.05) is 6.42 Å². The molecule has 6 nitrogen and oxygen atoms in total. The predicted molar refractivity (Wildman–Crippen MR) is 142 cm³/mol. The molecule has 1 saturated heterocycles. The minimum Gasteiger partial charge on any atom is -0.466 e. The molecule has 1 fully saturated rings. The van der Waals surface area contributed by atoms with E-state index in [0.717, 1.165) is 44.9 Å². The largest absolute Gasteiger partial charge is 0.466 e. The summed E-state index contributed by atoms with van der Waals surface area (Å²) < 4.78 is 23.2. The Kier molecular flexibility index (Phi) is 13.8. The summed E-state index contributed by atoms with van der Waals surface area (Å²) in [5.41, 5.74) is 0.540. The van der Waals surface area contributed by atoms with E-state index in [1.807, 2.05) is 32.0 Å². The Morgan fingerprint density at radius 1 is 1.08 bits per heavy atom. The van der Waals surface area contributed by atoms with Crippen LogP contribution in [0.5, 0.6) is 0 Å². The smallest absolute Gasteiger partial charge is 0.338 e. The van der Waals surface area contributed by atoms with Gasteiger partial charge in [-0.3, -0.25) is 4.79 Å². The van der Waals surface area contributed by atoms with Gasteiger partial charge in [-0.05, 0) is 76.8 Å². The summed E-state index contributed by atoms with van der Waals surface area (Å²) in [6, 6.07) is 9.06. The van der Waals surface area contributed by atoms with Crippen LogP contribution >= 0.6 is 0 Å². The normalized spacial score (nSPS) is 23.8. The zero-order valence-electron chi connectivity index (χ0n) is 22.8. The zero-order chi connectivity index (χ0) is 26.3. The van der Waals surface area contributed by atoms with Gasteiger partial charge < -0.3 is 18.9 Å². The maximum absolute atomic E-state index is 12.6. The second kappa shape index (κ2) is 16.5. The summed E-state index contributed by atoms with van der Waals surface area (Å²) in [6.45, 7) is 10.6. The molecular formula is C30H46O6. The average Bonchev–Trinajstić information content (AvgIpc) is 2.84. The van der Waals surface area contributed by atoms with Crippen molar-refractivity contribution in [3.63, 3.8) is 0 Å². The van der Waals surface area contributed by atoms with Crippen molar-refractivity contribution in [1.82, 2.24) is 0 Å².